The molecule has 3 heterocycles. The van der Waals surface area contributed by atoms with Crippen molar-refractivity contribution in [2.75, 3.05) is 30.6 Å². The molecule has 3 aliphatic heterocycles. The maximum atomic E-state index is 14.3. The zero-order chi connectivity index (χ0) is 29.9. The number of anilines is 1. The lowest BCUT2D eigenvalue weighted by atomic mass is 9.67. The Hall–Kier alpha value is -3.05. The predicted octanol–water partition coefficient (Wildman–Crippen LogP) is 5.27. The van der Waals surface area contributed by atoms with Crippen molar-refractivity contribution >= 4 is 33.2 Å². The van der Waals surface area contributed by atoms with Gasteiger partial charge < -0.3 is 10.1 Å². The average molecular weight is 628 g/mol. The Labute approximate surface area is 254 Å². The number of hydrogen-bond donors (Lipinski definition) is 1. The van der Waals surface area contributed by atoms with Crippen molar-refractivity contribution in [1.29, 1.82) is 0 Å². The van der Waals surface area contributed by atoms with E-state index in [9.17, 15) is 22.0 Å². The molecular weight excluding hydrogens is 596 g/mol. The van der Waals surface area contributed by atoms with Gasteiger partial charge in [0.2, 0.25) is 0 Å². The van der Waals surface area contributed by atoms with Gasteiger partial charge in [0.05, 0.1) is 35.9 Å². The van der Waals surface area contributed by atoms with E-state index in [0.717, 1.165) is 44.3 Å². The molecule has 1 N–H and O–H groups in total. The number of hydrogen-bond acceptors (Lipinski definition) is 5. The van der Waals surface area contributed by atoms with Gasteiger partial charge in [0.1, 0.15) is 11.6 Å². The van der Waals surface area contributed by atoms with Crippen LogP contribution in [-0.2, 0) is 26.7 Å². The van der Waals surface area contributed by atoms with Crippen molar-refractivity contribution in [3.63, 3.8) is 0 Å². The van der Waals surface area contributed by atoms with Crippen LogP contribution in [-0.4, -0.2) is 57.6 Å². The molecule has 2 saturated heterocycles. The number of fused-ring (bicyclic) bond motifs is 2. The first-order valence-corrected chi connectivity index (χ1v) is 16.5. The van der Waals surface area contributed by atoms with Gasteiger partial charge in [-0.1, -0.05) is 17.7 Å². The molecule has 7 rings (SSSR count). The van der Waals surface area contributed by atoms with E-state index in [-0.39, 0.29) is 34.3 Å². The lowest BCUT2D eigenvalue weighted by Gasteiger charge is -2.48. The summed E-state index contributed by atoms with van der Waals surface area (Å²) >= 11 is 6.16. The summed E-state index contributed by atoms with van der Waals surface area (Å²) in [6, 6.07) is 14.4. The fourth-order valence-corrected chi connectivity index (χ4v) is 9.12. The molecule has 7 nitrogen and oxygen atoms in total. The quantitative estimate of drug-likeness (QED) is 0.386. The zero-order valence-corrected chi connectivity index (χ0v) is 25.0. The number of amides is 1. The van der Waals surface area contributed by atoms with Crippen molar-refractivity contribution in [3.05, 3.63) is 94.0 Å². The molecule has 0 bridgehead atoms. The monoisotopic (exact) mass is 627 g/mol. The number of ether oxygens (including phenoxy) is 1. The second-order valence-electron chi connectivity index (χ2n) is 12.1. The summed E-state index contributed by atoms with van der Waals surface area (Å²) in [6.07, 6.45) is 3.37. The van der Waals surface area contributed by atoms with Crippen LogP contribution < -0.4 is 9.62 Å². The van der Waals surface area contributed by atoms with Crippen molar-refractivity contribution in [1.82, 2.24) is 10.2 Å². The van der Waals surface area contributed by atoms with Crippen molar-refractivity contribution in [2.24, 2.45) is 5.92 Å². The number of piperidine rings is 1. The third-order valence-electron chi connectivity index (χ3n) is 9.57. The van der Waals surface area contributed by atoms with Gasteiger partial charge >= 0.3 is 0 Å². The molecule has 0 radical (unpaired) electrons. The molecule has 3 aromatic rings. The van der Waals surface area contributed by atoms with Crippen LogP contribution in [0.25, 0.3) is 0 Å². The van der Waals surface area contributed by atoms with Crippen LogP contribution in [0.3, 0.4) is 0 Å². The highest BCUT2D eigenvalue weighted by Gasteiger charge is 2.60. The molecule has 4 aliphatic rings. The standard InChI is InChI=1S/C32H32ClF2N3O4S/c33-28-16-24(35)5-3-22(28)17-36-31(39)21-4-10-29-27(15-21)32(11-13-37(14-12-32)25-18-42-19-25)30(20-1-2-20)38(29)43(40,41)26-8-6-23(34)7-9-26/h3-10,15-16,20,25,30H,1-2,11-14,17-19H2,(H,36,39). The SMILES string of the molecule is O=C(NCc1ccc(F)cc1Cl)c1ccc2c(c1)C1(CCN(C3COC3)CC1)C(C1CC1)N2S(=O)(=O)c1ccc(F)cc1. The van der Waals surface area contributed by atoms with Crippen LogP contribution >= 0.6 is 11.6 Å². The van der Waals surface area contributed by atoms with Crippen LogP contribution in [0, 0.1) is 17.6 Å². The number of likely N-dealkylation sites (tertiary alicyclic amines) is 1. The van der Waals surface area contributed by atoms with E-state index in [1.165, 1.54) is 42.5 Å². The summed E-state index contributed by atoms with van der Waals surface area (Å²) < 4.78 is 62.9. The number of rotatable bonds is 7. The number of benzene rings is 3. The Kier molecular flexibility index (Phi) is 7.23. The maximum absolute atomic E-state index is 14.3. The smallest absolute Gasteiger partial charge is 0.264 e. The molecule has 0 aromatic heterocycles. The third-order valence-corrected chi connectivity index (χ3v) is 11.7. The Balaban J connectivity index is 1.27. The minimum Gasteiger partial charge on any atom is -0.378 e. The van der Waals surface area contributed by atoms with E-state index in [4.69, 9.17) is 16.3 Å². The summed E-state index contributed by atoms with van der Waals surface area (Å²) in [5.41, 5.74) is 1.99. The molecule has 1 atom stereocenters. The maximum Gasteiger partial charge on any atom is 0.264 e. The molecule has 3 fully saturated rings. The minimum absolute atomic E-state index is 0.0459. The molecule has 1 saturated carbocycles. The van der Waals surface area contributed by atoms with Crippen LogP contribution in [0.5, 0.6) is 0 Å². The van der Waals surface area contributed by atoms with Gasteiger partial charge in [0.25, 0.3) is 15.9 Å². The van der Waals surface area contributed by atoms with Gasteiger partial charge in [0.15, 0.2) is 0 Å². The Bertz CT molecular complexity index is 1670. The summed E-state index contributed by atoms with van der Waals surface area (Å²) in [4.78, 5) is 15.9. The second kappa shape index (κ2) is 10.8. The van der Waals surface area contributed by atoms with Gasteiger partial charge in [-0.2, -0.15) is 0 Å². The van der Waals surface area contributed by atoms with E-state index in [1.807, 2.05) is 6.07 Å². The van der Waals surface area contributed by atoms with Crippen molar-refractivity contribution < 1.29 is 26.7 Å². The predicted molar refractivity (Wildman–Crippen MR) is 159 cm³/mol. The Morgan fingerprint density at radius 2 is 1.67 bits per heavy atom. The Morgan fingerprint density at radius 1 is 0.977 bits per heavy atom. The highest BCUT2D eigenvalue weighted by molar-refractivity contribution is 7.92. The number of carbonyl (C=O) groups is 1. The van der Waals surface area contributed by atoms with E-state index in [0.29, 0.717) is 36.1 Å². The molecule has 11 heteroatoms. The average Bonchev–Trinajstić information content (AvgIpc) is 3.76. The highest BCUT2D eigenvalue weighted by Crippen LogP contribution is 2.59. The van der Waals surface area contributed by atoms with E-state index < -0.39 is 27.1 Å². The van der Waals surface area contributed by atoms with Gasteiger partial charge in [-0.05, 0) is 110 Å². The first-order chi connectivity index (χ1) is 20.7. The number of halogens is 3. The zero-order valence-electron chi connectivity index (χ0n) is 23.4. The van der Waals surface area contributed by atoms with Crippen LogP contribution in [0.1, 0.15) is 47.2 Å². The van der Waals surface area contributed by atoms with Crippen LogP contribution in [0.15, 0.2) is 65.6 Å². The summed E-state index contributed by atoms with van der Waals surface area (Å²) in [6.45, 7) is 3.15. The van der Waals surface area contributed by atoms with Crippen LogP contribution in [0.2, 0.25) is 5.02 Å². The third kappa shape index (κ3) is 5.02. The number of carbonyl (C=O) groups excluding carboxylic acids is 1. The topological polar surface area (TPSA) is 79.0 Å². The van der Waals surface area contributed by atoms with Crippen molar-refractivity contribution in [3.8, 4) is 0 Å². The molecular formula is C32H32ClF2N3O4S. The lowest BCUT2D eigenvalue weighted by molar-refractivity contribution is -0.0768. The van der Waals surface area contributed by atoms with E-state index in [1.54, 1.807) is 16.4 Å². The van der Waals surface area contributed by atoms with E-state index >= 15 is 0 Å². The fraction of sp³-hybridized carbons (Fsp3) is 0.406. The number of nitrogens with one attached hydrogen (secondary N) is 1. The molecule has 1 unspecified atom stereocenters. The van der Waals surface area contributed by atoms with Crippen LogP contribution in [0.4, 0.5) is 14.5 Å². The van der Waals surface area contributed by atoms with Gasteiger partial charge in [-0.3, -0.25) is 14.0 Å². The van der Waals surface area contributed by atoms with Gasteiger partial charge in [-0.25, -0.2) is 17.2 Å². The molecule has 1 aliphatic carbocycles. The first-order valence-electron chi connectivity index (χ1n) is 14.7. The van der Waals surface area contributed by atoms with Crippen molar-refractivity contribution in [2.45, 2.75) is 54.6 Å². The molecule has 226 valence electrons. The fourth-order valence-electron chi connectivity index (χ4n) is 7.09. The first kappa shape index (κ1) is 28.7. The number of nitrogens with zero attached hydrogens (tertiary/aromatic N) is 2. The largest absolute Gasteiger partial charge is 0.378 e. The molecule has 1 amide bonds. The Morgan fingerprint density at radius 3 is 2.30 bits per heavy atom. The highest BCUT2D eigenvalue weighted by atomic mass is 35.5. The lowest BCUT2D eigenvalue weighted by Crippen LogP contribution is -2.58. The molecule has 3 aromatic carbocycles. The van der Waals surface area contributed by atoms with Gasteiger partial charge in [-0.15, -0.1) is 0 Å². The second-order valence-corrected chi connectivity index (χ2v) is 14.3. The van der Waals surface area contributed by atoms with E-state index in [2.05, 4.69) is 10.2 Å². The normalized spacial score (nSPS) is 21.9. The number of sulfonamides is 1. The molecule has 43 heavy (non-hydrogen) atoms. The summed E-state index contributed by atoms with van der Waals surface area (Å²) in [7, 11) is -4.02. The summed E-state index contributed by atoms with van der Waals surface area (Å²) in [5.74, 6) is -1.09. The molecule has 1 spiro atoms. The van der Waals surface area contributed by atoms with Gasteiger partial charge in [0, 0.05) is 22.5 Å². The summed E-state index contributed by atoms with van der Waals surface area (Å²) in [5, 5.41) is 3.11. The minimum atomic E-state index is -4.02.